The fourth-order valence-corrected chi connectivity index (χ4v) is 5.53. The number of hydrogen-bond donors (Lipinski definition) is 2. The van der Waals surface area contributed by atoms with Gasteiger partial charge in [0.05, 0.1) is 35.8 Å². The average Bonchev–Trinajstić information content (AvgIpc) is 3.41. The zero-order valence-corrected chi connectivity index (χ0v) is 23.2. The minimum absolute atomic E-state index is 0.0693. The lowest BCUT2D eigenvalue weighted by Crippen LogP contribution is -2.39. The minimum atomic E-state index is -0.445. The fourth-order valence-electron chi connectivity index (χ4n) is 5.53. The Morgan fingerprint density at radius 3 is 2.44 bits per heavy atom. The molecular formula is C31H37N7O. The number of hydrogen-bond acceptors (Lipinski definition) is 7. The van der Waals surface area contributed by atoms with Crippen LogP contribution in [0.1, 0.15) is 74.9 Å². The van der Waals surface area contributed by atoms with Crippen molar-refractivity contribution in [2.45, 2.75) is 65.1 Å². The second kappa shape index (κ2) is 11.5. The minimum Gasteiger partial charge on any atom is -0.388 e. The first-order valence-corrected chi connectivity index (χ1v) is 13.9. The predicted octanol–water partition coefficient (Wildman–Crippen LogP) is 5.55. The van der Waals surface area contributed by atoms with E-state index in [1.165, 1.54) is 0 Å². The van der Waals surface area contributed by atoms with Crippen LogP contribution in [0.4, 0.5) is 5.95 Å². The third kappa shape index (κ3) is 5.51. The van der Waals surface area contributed by atoms with Crippen LogP contribution in [-0.2, 0) is 6.42 Å². The first-order chi connectivity index (χ1) is 18.9. The summed E-state index contributed by atoms with van der Waals surface area (Å²) in [5, 5.41) is 24.1. The Hall–Kier alpha value is -3.80. The molecule has 2 atom stereocenters. The molecule has 4 heterocycles. The van der Waals surface area contributed by atoms with Crippen molar-refractivity contribution in [3.8, 4) is 17.5 Å². The maximum atomic E-state index is 11.0. The van der Waals surface area contributed by atoms with Gasteiger partial charge in [0.25, 0.3) is 0 Å². The van der Waals surface area contributed by atoms with Gasteiger partial charge in [-0.3, -0.25) is 4.40 Å². The molecule has 1 aliphatic rings. The molecule has 1 unspecified atom stereocenters. The van der Waals surface area contributed by atoms with Crippen molar-refractivity contribution < 1.29 is 5.11 Å². The number of aromatic nitrogens is 4. The Kier molecular flexibility index (Phi) is 7.92. The molecule has 8 heteroatoms. The predicted molar refractivity (Wildman–Crippen MR) is 153 cm³/mol. The van der Waals surface area contributed by atoms with Crippen LogP contribution in [0.15, 0.2) is 55.0 Å². The number of fused-ring (bicyclic) bond motifs is 1. The maximum absolute atomic E-state index is 11.0. The van der Waals surface area contributed by atoms with Gasteiger partial charge in [-0.1, -0.05) is 37.3 Å². The first-order valence-electron chi connectivity index (χ1n) is 13.9. The van der Waals surface area contributed by atoms with Crippen LogP contribution in [0.3, 0.4) is 0 Å². The maximum Gasteiger partial charge on any atom is 0.223 e. The lowest BCUT2D eigenvalue weighted by molar-refractivity contribution is 0.0499. The van der Waals surface area contributed by atoms with E-state index < -0.39 is 6.10 Å². The first kappa shape index (κ1) is 26.8. The normalized spacial score (nSPS) is 16.3. The Balaban J connectivity index is 1.31. The van der Waals surface area contributed by atoms with Gasteiger partial charge in [-0.25, -0.2) is 15.0 Å². The molecule has 0 aliphatic carbocycles. The monoisotopic (exact) mass is 523 g/mol. The number of pyridine rings is 1. The number of aryl methyl sites for hydroxylation is 1. The lowest BCUT2D eigenvalue weighted by atomic mass is 9.86. The molecule has 5 rings (SSSR count). The number of aliphatic hydroxyl groups is 1. The standard InChI is InChI=1S/C31H37N7O/c1-5-22-7-6-14-38-27(19-33-30(22)38)28-26(17-32)18-34-31(36-28)35-21(4)23-8-10-24(11-9-23)29(39)25-12-15-37(16-13-25)20(2)3/h6-11,14,18-21,25,29,39H,5,12-13,15-16H2,1-4H3,(H,34,35,36)/t21?,29-/m1/s1. The van der Waals surface area contributed by atoms with E-state index in [9.17, 15) is 10.4 Å². The molecule has 39 heavy (non-hydrogen) atoms. The quantitative estimate of drug-likeness (QED) is 0.312. The Morgan fingerprint density at radius 1 is 1.05 bits per heavy atom. The molecule has 202 valence electrons. The van der Waals surface area contributed by atoms with Crippen LogP contribution in [-0.4, -0.2) is 48.5 Å². The van der Waals surface area contributed by atoms with Gasteiger partial charge in [0.1, 0.15) is 17.4 Å². The van der Waals surface area contributed by atoms with Gasteiger partial charge in [0.2, 0.25) is 5.95 Å². The van der Waals surface area contributed by atoms with E-state index in [0.29, 0.717) is 29.2 Å². The molecule has 0 radical (unpaired) electrons. The number of imidazole rings is 1. The van der Waals surface area contributed by atoms with Crippen molar-refractivity contribution in [3.05, 3.63) is 77.2 Å². The number of benzene rings is 1. The average molecular weight is 524 g/mol. The highest BCUT2D eigenvalue weighted by atomic mass is 16.3. The number of aliphatic hydroxyl groups excluding tert-OH is 1. The number of nitrogens with one attached hydrogen (secondary N) is 1. The number of likely N-dealkylation sites (tertiary alicyclic amines) is 1. The molecule has 3 aromatic heterocycles. The van der Waals surface area contributed by atoms with E-state index >= 15 is 0 Å². The highest BCUT2D eigenvalue weighted by Crippen LogP contribution is 2.32. The third-order valence-electron chi connectivity index (χ3n) is 8.02. The summed E-state index contributed by atoms with van der Waals surface area (Å²) in [6, 6.07) is 14.9. The smallest absolute Gasteiger partial charge is 0.223 e. The van der Waals surface area contributed by atoms with Crippen LogP contribution in [0.25, 0.3) is 17.0 Å². The molecule has 8 nitrogen and oxygen atoms in total. The molecule has 1 saturated heterocycles. The summed E-state index contributed by atoms with van der Waals surface area (Å²) >= 11 is 0. The zero-order valence-electron chi connectivity index (χ0n) is 23.2. The number of rotatable bonds is 8. The SMILES string of the molecule is CCc1cccn2c(-c3nc(NC(C)c4ccc([C@@H](O)C5CCN(C(C)C)CC5)cc4)ncc3C#N)cnc12. The van der Waals surface area contributed by atoms with Crippen molar-refractivity contribution in [1.29, 1.82) is 5.26 Å². The van der Waals surface area contributed by atoms with E-state index in [0.717, 1.165) is 60.4 Å². The largest absolute Gasteiger partial charge is 0.388 e. The van der Waals surface area contributed by atoms with Crippen molar-refractivity contribution in [2.75, 3.05) is 18.4 Å². The summed E-state index contributed by atoms with van der Waals surface area (Å²) in [5.41, 5.74) is 5.74. The van der Waals surface area contributed by atoms with Crippen LogP contribution in [0.5, 0.6) is 0 Å². The summed E-state index contributed by atoms with van der Waals surface area (Å²) in [7, 11) is 0. The second-order valence-electron chi connectivity index (χ2n) is 10.7. The highest BCUT2D eigenvalue weighted by Gasteiger charge is 2.27. The van der Waals surface area contributed by atoms with Gasteiger partial charge >= 0.3 is 0 Å². The number of nitriles is 1. The van der Waals surface area contributed by atoms with Crippen LogP contribution < -0.4 is 5.32 Å². The van der Waals surface area contributed by atoms with Crippen molar-refractivity contribution in [2.24, 2.45) is 5.92 Å². The summed E-state index contributed by atoms with van der Waals surface area (Å²) in [4.78, 5) is 16.2. The summed E-state index contributed by atoms with van der Waals surface area (Å²) in [6.45, 7) is 10.7. The molecule has 1 fully saturated rings. The van der Waals surface area contributed by atoms with E-state index in [1.54, 1.807) is 12.4 Å². The molecule has 0 bridgehead atoms. The van der Waals surface area contributed by atoms with Crippen molar-refractivity contribution >= 4 is 11.6 Å². The van der Waals surface area contributed by atoms with E-state index in [1.807, 2.05) is 28.8 Å². The summed E-state index contributed by atoms with van der Waals surface area (Å²) < 4.78 is 1.98. The summed E-state index contributed by atoms with van der Waals surface area (Å²) in [5.74, 6) is 0.735. The molecule has 4 aromatic rings. The topological polar surface area (TPSA) is 102 Å². The second-order valence-corrected chi connectivity index (χ2v) is 10.7. The van der Waals surface area contributed by atoms with Gasteiger partial charge in [-0.05, 0) is 81.8 Å². The van der Waals surface area contributed by atoms with Crippen LogP contribution in [0.2, 0.25) is 0 Å². The highest BCUT2D eigenvalue weighted by molar-refractivity contribution is 5.68. The third-order valence-corrected chi connectivity index (χ3v) is 8.02. The lowest BCUT2D eigenvalue weighted by Gasteiger charge is -2.36. The van der Waals surface area contributed by atoms with E-state index in [2.05, 4.69) is 72.1 Å². The number of anilines is 1. The molecule has 1 aliphatic heterocycles. The fraction of sp³-hybridized carbons (Fsp3) is 0.419. The molecular weight excluding hydrogens is 486 g/mol. The molecule has 0 saturated carbocycles. The van der Waals surface area contributed by atoms with Crippen LogP contribution >= 0.6 is 0 Å². The summed E-state index contributed by atoms with van der Waals surface area (Å²) in [6.07, 6.45) is 7.73. The van der Waals surface area contributed by atoms with Crippen LogP contribution in [0, 0.1) is 17.2 Å². The Bertz CT molecular complexity index is 1460. The molecule has 1 aromatic carbocycles. The number of piperidine rings is 1. The Labute approximate surface area is 230 Å². The molecule has 2 N–H and O–H groups in total. The zero-order chi connectivity index (χ0) is 27.5. The van der Waals surface area contributed by atoms with Crippen molar-refractivity contribution in [3.63, 3.8) is 0 Å². The van der Waals surface area contributed by atoms with Gasteiger partial charge in [0.15, 0.2) is 0 Å². The number of nitrogens with zero attached hydrogens (tertiary/aromatic N) is 6. The van der Waals surface area contributed by atoms with E-state index in [4.69, 9.17) is 4.98 Å². The van der Waals surface area contributed by atoms with Gasteiger partial charge < -0.3 is 15.3 Å². The molecule has 0 spiro atoms. The Morgan fingerprint density at radius 2 is 1.77 bits per heavy atom. The van der Waals surface area contributed by atoms with Crippen molar-refractivity contribution in [1.82, 2.24) is 24.3 Å². The van der Waals surface area contributed by atoms with E-state index in [-0.39, 0.29) is 6.04 Å². The molecule has 0 amide bonds. The van der Waals surface area contributed by atoms with Gasteiger partial charge in [0, 0.05) is 12.2 Å². The van der Waals surface area contributed by atoms with Gasteiger partial charge in [-0.2, -0.15) is 5.26 Å². The van der Waals surface area contributed by atoms with Gasteiger partial charge in [-0.15, -0.1) is 0 Å².